The highest BCUT2D eigenvalue weighted by Gasteiger charge is 2.16. The Bertz CT molecular complexity index is 1050. The van der Waals surface area contributed by atoms with Gasteiger partial charge in [0.2, 0.25) is 0 Å². The van der Waals surface area contributed by atoms with E-state index in [1.165, 1.54) is 0 Å². The molecule has 0 bridgehead atoms. The summed E-state index contributed by atoms with van der Waals surface area (Å²) in [6, 6.07) is 17.3. The van der Waals surface area contributed by atoms with Crippen molar-refractivity contribution in [3.63, 3.8) is 0 Å². The minimum Gasteiger partial charge on any atom is -0.467 e. The van der Waals surface area contributed by atoms with Gasteiger partial charge in [-0.3, -0.25) is 9.55 Å². The largest absolute Gasteiger partial charge is 0.467 e. The van der Waals surface area contributed by atoms with Gasteiger partial charge in [0, 0.05) is 23.7 Å². The molecule has 0 saturated heterocycles. The second-order valence-electron chi connectivity index (χ2n) is 5.81. The summed E-state index contributed by atoms with van der Waals surface area (Å²) in [6.45, 7) is 0.542. The number of nitrogens with zero attached hydrogens (tertiary/aromatic N) is 5. The van der Waals surface area contributed by atoms with Crippen molar-refractivity contribution in [2.45, 2.75) is 17.5 Å². The van der Waals surface area contributed by atoms with Gasteiger partial charge < -0.3 is 4.42 Å². The molecule has 27 heavy (non-hydrogen) atoms. The first kappa shape index (κ1) is 17.1. The van der Waals surface area contributed by atoms with Crippen LogP contribution in [0.2, 0.25) is 0 Å². The molecule has 3 aromatic heterocycles. The Labute approximate surface area is 160 Å². The third-order valence-corrected chi connectivity index (χ3v) is 5.02. The standard InChI is InChI=1S/C20H15N5OS/c21-11-15-5-7-16(8-6-15)14-27-20-24-23-19(17-3-1-9-22-12-17)25(20)13-18-4-2-10-26-18/h1-10,12H,13-14H2. The molecule has 0 aliphatic rings. The van der Waals surface area contributed by atoms with E-state index in [0.717, 1.165) is 33.6 Å². The lowest BCUT2D eigenvalue weighted by Gasteiger charge is -2.08. The van der Waals surface area contributed by atoms with Crippen LogP contribution in [0.3, 0.4) is 0 Å². The summed E-state index contributed by atoms with van der Waals surface area (Å²) in [4.78, 5) is 4.18. The summed E-state index contributed by atoms with van der Waals surface area (Å²) in [5, 5.41) is 18.5. The first-order valence-corrected chi connectivity index (χ1v) is 9.30. The number of pyridine rings is 1. The Kier molecular flexibility index (Phi) is 4.99. The molecule has 0 atom stereocenters. The van der Waals surface area contributed by atoms with E-state index in [0.29, 0.717) is 12.1 Å². The Morgan fingerprint density at radius 1 is 1.07 bits per heavy atom. The maximum absolute atomic E-state index is 8.92. The van der Waals surface area contributed by atoms with E-state index >= 15 is 0 Å². The minimum atomic E-state index is 0.542. The van der Waals surface area contributed by atoms with Gasteiger partial charge in [0.25, 0.3) is 0 Å². The third kappa shape index (κ3) is 3.91. The van der Waals surface area contributed by atoms with Crippen molar-refractivity contribution in [1.82, 2.24) is 19.7 Å². The van der Waals surface area contributed by atoms with E-state index < -0.39 is 0 Å². The normalized spacial score (nSPS) is 10.6. The summed E-state index contributed by atoms with van der Waals surface area (Å²) in [5.41, 5.74) is 2.68. The molecule has 0 spiro atoms. The lowest BCUT2D eigenvalue weighted by Crippen LogP contribution is -2.03. The molecular formula is C20H15N5OS. The van der Waals surface area contributed by atoms with Gasteiger partial charge >= 0.3 is 0 Å². The molecule has 0 aliphatic carbocycles. The highest BCUT2D eigenvalue weighted by molar-refractivity contribution is 7.98. The highest BCUT2D eigenvalue weighted by atomic mass is 32.2. The summed E-state index contributed by atoms with van der Waals surface area (Å²) in [5.74, 6) is 2.32. The van der Waals surface area contributed by atoms with Crippen molar-refractivity contribution in [2.24, 2.45) is 0 Å². The lowest BCUT2D eigenvalue weighted by molar-refractivity contribution is 0.485. The molecule has 1 aromatic carbocycles. The van der Waals surface area contributed by atoms with Crippen molar-refractivity contribution in [3.8, 4) is 17.5 Å². The number of hydrogen-bond acceptors (Lipinski definition) is 6. The van der Waals surface area contributed by atoms with Gasteiger partial charge in [-0.25, -0.2) is 0 Å². The zero-order chi connectivity index (χ0) is 18.5. The van der Waals surface area contributed by atoms with E-state index in [-0.39, 0.29) is 0 Å². The zero-order valence-corrected chi connectivity index (χ0v) is 15.1. The molecule has 0 radical (unpaired) electrons. The van der Waals surface area contributed by atoms with Crippen molar-refractivity contribution >= 4 is 11.8 Å². The van der Waals surface area contributed by atoms with Gasteiger partial charge in [0.15, 0.2) is 11.0 Å². The summed E-state index contributed by atoms with van der Waals surface area (Å²) < 4.78 is 7.54. The molecule has 132 valence electrons. The van der Waals surface area contributed by atoms with E-state index in [1.54, 1.807) is 30.4 Å². The Morgan fingerprint density at radius 3 is 2.67 bits per heavy atom. The van der Waals surface area contributed by atoms with Crippen molar-refractivity contribution in [1.29, 1.82) is 5.26 Å². The molecule has 0 saturated carbocycles. The summed E-state index contributed by atoms with van der Waals surface area (Å²) >= 11 is 1.60. The molecule has 6 nitrogen and oxygen atoms in total. The Morgan fingerprint density at radius 2 is 1.96 bits per heavy atom. The second kappa shape index (κ2) is 7.89. The Hall–Kier alpha value is -3.37. The number of furan rings is 1. The van der Waals surface area contributed by atoms with Crippen LogP contribution < -0.4 is 0 Å². The number of hydrogen-bond donors (Lipinski definition) is 0. The van der Waals surface area contributed by atoms with E-state index in [1.807, 2.05) is 53.1 Å². The summed E-state index contributed by atoms with van der Waals surface area (Å²) in [6.07, 6.45) is 5.17. The zero-order valence-electron chi connectivity index (χ0n) is 14.3. The van der Waals surface area contributed by atoms with Crippen LogP contribution in [0.5, 0.6) is 0 Å². The molecule has 4 aromatic rings. The highest BCUT2D eigenvalue weighted by Crippen LogP contribution is 2.27. The SMILES string of the molecule is N#Cc1ccc(CSc2nnc(-c3cccnc3)n2Cc2ccco2)cc1. The van der Waals surface area contributed by atoms with Crippen LogP contribution in [0.4, 0.5) is 0 Å². The fraction of sp³-hybridized carbons (Fsp3) is 0.100. The van der Waals surface area contributed by atoms with Crippen LogP contribution in [0, 0.1) is 11.3 Å². The van der Waals surface area contributed by atoms with Gasteiger partial charge in [-0.05, 0) is 42.0 Å². The van der Waals surface area contributed by atoms with Crippen LogP contribution in [-0.4, -0.2) is 19.7 Å². The third-order valence-electron chi connectivity index (χ3n) is 3.98. The summed E-state index contributed by atoms with van der Waals surface area (Å²) in [7, 11) is 0. The van der Waals surface area contributed by atoms with Crippen LogP contribution in [0.15, 0.2) is 76.8 Å². The average molecular weight is 373 g/mol. The van der Waals surface area contributed by atoms with Gasteiger partial charge in [-0.1, -0.05) is 23.9 Å². The van der Waals surface area contributed by atoms with Gasteiger partial charge in [-0.15, -0.1) is 10.2 Å². The molecule has 0 aliphatic heterocycles. The molecule has 3 heterocycles. The smallest absolute Gasteiger partial charge is 0.192 e. The predicted molar refractivity (Wildman–Crippen MR) is 102 cm³/mol. The topological polar surface area (TPSA) is 80.5 Å². The number of rotatable bonds is 6. The number of thioether (sulfide) groups is 1. The first-order chi connectivity index (χ1) is 13.3. The van der Waals surface area contributed by atoms with Crippen LogP contribution in [0.1, 0.15) is 16.9 Å². The maximum atomic E-state index is 8.92. The number of benzene rings is 1. The molecule has 0 fully saturated rings. The molecular weight excluding hydrogens is 358 g/mol. The van der Waals surface area contributed by atoms with E-state index in [9.17, 15) is 0 Å². The van der Waals surface area contributed by atoms with Gasteiger partial charge in [0.05, 0.1) is 24.4 Å². The van der Waals surface area contributed by atoms with E-state index in [4.69, 9.17) is 9.68 Å². The number of aromatic nitrogens is 4. The molecule has 7 heteroatoms. The van der Waals surface area contributed by atoms with Gasteiger partial charge in [-0.2, -0.15) is 5.26 Å². The Balaban J connectivity index is 1.61. The molecule has 4 rings (SSSR count). The van der Waals surface area contributed by atoms with Crippen molar-refractivity contribution in [2.75, 3.05) is 0 Å². The van der Waals surface area contributed by atoms with Crippen LogP contribution in [-0.2, 0) is 12.3 Å². The molecule has 0 unspecified atom stereocenters. The molecule has 0 N–H and O–H groups in total. The average Bonchev–Trinajstić information content (AvgIpc) is 3.38. The van der Waals surface area contributed by atoms with Crippen molar-refractivity contribution in [3.05, 3.63) is 84.1 Å². The van der Waals surface area contributed by atoms with Crippen LogP contribution in [0.25, 0.3) is 11.4 Å². The lowest BCUT2D eigenvalue weighted by atomic mass is 10.2. The van der Waals surface area contributed by atoms with Gasteiger partial charge in [0.1, 0.15) is 5.76 Å². The van der Waals surface area contributed by atoms with Crippen LogP contribution >= 0.6 is 11.8 Å². The molecule has 0 amide bonds. The van der Waals surface area contributed by atoms with E-state index in [2.05, 4.69) is 21.3 Å². The minimum absolute atomic E-state index is 0.542. The first-order valence-electron chi connectivity index (χ1n) is 8.31. The second-order valence-corrected chi connectivity index (χ2v) is 6.75. The number of nitriles is 1. The predicted octanol–water partition coefficient (Wildman–Crippen LogP) is 4.15. The monoisotopic (exact) mass is 373 g/mol. The fourth-order valence-corrected chi connectivity index (χ4v) is 3.52. The maximum Gasteiger partial charge on any atom is 0.192 e. The fourth-order valence-electron chi connectivity index (χ4n) is 2.63. The quantitative estimate of drug-likeness (QED) is 0.472. The van der Waals surface area contributed by atoms with Crippen molar-refractivity contribution < 1.29 is 4.42 Å².